The van der Waals surface area contributed by atoms with Crippen molar-refractivity contribution in [1.29, 1.82) is 0 Å². The fourth-order valence-electron chi connectivity index (χ4n) is 2.55. The number of fused-ring (bicyclic) bond motifs is 1. The Balaban J connectivity index is 1.80. The first kappa shape index (κ1) is 13.3. The molecule has 0 radical (unpaired) electrons. The number of rotatable bonds is 2. The van der Waals surface area contributed by atoms with Gasteiger partial charge in [-0.3, -0.25) is 4.79 Å². The maximum Gasteiger partial charge on any atom is 0.225 e. The summed E-state index contributed by atoms with van der Waals surface area (Å²) in [4.78, 5) is 23.5. The molecule has 1 N–H and O–H groups in total. The topological polar surface area (TPSA) is 58.1 Å². The van der Waals surface area contributed by atoms with Crippen LogP contribution in [0.5, 0.6) is 0 Å². The number of nitrogens with zero attached hydrogens (tertiary/aromatic N) is 3. The first-order chi connectivity index (χ1) is 9.45. The Morgan fingerprint density at radius 1 is 1.40 bits per heavy atom. The number of amides is 1. The molecule has 3 heterocycles. The summed E-state index contributed by atoms with van der Waals surface area (Å²) in [6.07, 6.45) is 2.09. The maximum atomic E-state index is 12.1. The van der Waals surface area contributed by atoms with Gasteiger partial charge in [0.05, 0.1) is 11.4 Å². The molecular weight excluding hydrogens is 272 g/mol. The number of likely N-dealkylation sites (tertiary alicyclic amines) is 1. The summed E-state index contributed by atoms with van der Waals surface area (Å²) in [6, 6.07) is 2.13. The number of thiophene rings is 1. The number of aromatic nitrogens is 2. The van der Waals surface area contributed by atoms with E-state index in [0.717, 1.165) is 22.6 Å². The lowest BCUT2D eigenvalue weighted by atomic mass is 10.1. The smallest absolute Gasteiger partial charge is 0.225 e. The lowest BCUT2D eigenvalue weighted by Gasteiger charge is -2.32. The fraction of sp³-hybridized carbons (Fsp3) is 0.500. The highest BCUT2D eigenvalue weighted by Gasteiger charge is 2.36. The Morgan fingerprint density at radius 2 is 2.20 bits per heavy atom. The summed E-state index contributed by atoms with van der Waals surface area (Å²) in [5.74, 6) is 1.02. The SMILES string of the molecule is CC(C)(C)N1CC(Nc2ncnc3sccc23)CC1=O. The second-order valence-corrected chi connectivity index (χ2v) is 6.98. The van der Waals surface area contributed by atoms with Gasteiger partial charge in [0.2, 0.25) is 5.91 Å². The molecule has 1 aliphatic heterocycles. The van der Waals surface area contributed by atoms with E-state index in [0.29, 0.717) is 6.42 Å². The maximum absolute atomic E-state index is 12.1. The number of anilines is 1. The Labute approximate surface area is 122 Å². The van der Waals surface area contributed by atoms with E-state index in [2.05, 4.69) is 36.1 Å². The van der Waals surface area contributed by atoms with Crippen LogP contribution in [0, 0.1) is 0 Å². The lowest BCUT2D eigenvalue weighted by molar-refractivity contribution is -0.131. The molecule has 0 spiro atoms. The first-order valence-corrected chi connectivity index (χ1v) is 7.58. The molecule has 0 saturated carbocycles. The van der Waals surface area contributed by atoms with Crippen molar-refractivity contribution < 1.29 is 4.79 Å². The first-order valence-electron chi connectivity index (χ1n) is 6.70. The molecule has 1 unspecified atom stereocenters. The van der Waals surface area contributed by atoms with E-state index in [9.17, 15) is 4.79 Å². The van der Waals surface area contributed by atoms with Crippen molar-refractivity contribution in [1.82, 2.24) is 14.9 Å². The molecule has 0 aliphatic carbocycles. The molecule has 1 atom stereocenters. The summed E-state index contributed by atoms with van der Waals surface area (Å²) in [5.41, 5.74) is -0.128. The van der Waals surface area contributed by atoms with Crippen molar-refractivity contribution in [2.45, 2.75) is 38.8 Å². The number of hydrogen-bond acceptors (Lipinski definition) is 5. The highest BCUT2D eigenvalue weighted by Crippen LogP contribution is 2.27. The van der Waals surface area contributed by atoms with Crippen LogP contribution in [0.1, 0.15) is 27.2 Å². The quantitative estimate of drug-likeness (QED) is 0.923. The van der Waals surface area contributed by atoms with Crippen LogP contribution in [0.4, 0.5) is 5.82 Å². The van der Waals surface area contributed by atoms with Crippen LogP contribution in [0.2, 0.25) is 0 Å². The molecular formula is C14H18N4OS. The van der Waals surface area contributed by atoms with Gasteiger partial charge in [0.15, 0.2) is 0 Å². The van der Waals surface area contributed by atoms with Crippen LogP contribution in [-0.2, 0) is 4.79 Å². The van der Waals surface area contributed by atoms with E-state index in [1.165, 1.54) is 0 Å². The van der Waals surface area contributed by atoms with Crippen LogP contribution in [-0.4, -0.2) is 38.9 Å². The molecule has 1 saturated heterocycles. The van der Waals surface area contributed by atoms with Crippen molar-refractivity contribution in [2.75, 3.05) is 11.9 Å². The van der Waals surface area contributed by atoms with E-state index in [1.807, 2.05) is 16.3 Å². The van der Waals surface area contributed by atoms with Gasteiger partial charge in [0.1, 0.15) is 17.0 Å². The molecule has 0 bridgehead atoms. The summed E-state index contributed by atoms with van der Waals surface area (Å²) in [6.45, 7) is 6.91. The van der Waals surface area contributed by atoms with E-state index >= 15 is 0 Å². The Morgan fingerprint density at radius 3 is 2.90 bits per heavy atom. The highest BCUT2D eigenvalue weighted by molar-refractivity contribution is 7.16. The van der Waals surface area contributed by atoms with E-state index in [4.69, 9.17) is 0 Å². The van der Waals surface area contributed by atoms with Gasteiger partial charge in [-0.1, -0.05) is 0 Å². The molecule has 2 aromatic rings. The number of nitrogens with one attached hydrogen (secondary N) is 1. The third kappa shape index (κ3) is 2.35. The van der Waals surface area contributed by atoms with Crippen molar-refractivity contribution >= 4 is 33.3 Å². The average molecular weight is 290 g/mol. The number of carbonyl (C=O) groups excluding carboxylic acids is 1. The van der Waals surface area contributed by atoms with Crippen LogP contribution < -0.4 is 5.32 Å². The normalized spacial score (nSPS) is 19.9. The Kier molecular flexibility index (Phi) is 3.12. The average Bonchev–Trinajstić information content (AvgIpc) is 2.95. The van der Waals surface area contributed by atoms with E-state index in [1.54, 1.807) is 17.7 Å². The third-order valence-electron chi connectivity index (χ3n) is 3.54. The fourth-order valence-corrected chi connectivity index (χ4v) is 3.28. The predicted octanol–water partition coefficient (Wildman–Crippen LogP) is 2.50. The Bertz CT molecular complexity index is 646. The highest BCUT2D eigenvalue weighted by atomic mass is 32.1. The second-order valence-electron chi connectivity index (χ2n) is 6.08. The molecule has 5 nitrogen and oxygen atoms in total. The molecule has 3 rings (SSSR count). The van der Waals surface area contributed by atoms with Gasteiger partial charge in [-0.25, -0.2) is 9.97 Å². The molecule has 1 aliphatic rings. The van der Waals surface area contributed by atoms with Crippen LogP contribution >= 0.6 is 11.3 Å². The van der Waals surface area contributed by atoms with E-state index < -0.39 is 0 Å². The van der Waals surface area contributed by atoms with Gasteiger partial charge in [0, 0.05) is 18.5 Å². The Hall–Kier alpha value is -1.69. The number of carbonyl (C=O) groups is 1. The standard InChI is InChI=1S/C14H18N4OS/c1-14(2,3)18-7-9(6-11(18)19)17-12-10-4-5-20-13(10)16-8-15-12/h4-5,8-9H,6-7H2,1-3H3,(H,15,16,17). The van der Waals surface area contributed by atoms with Gasteiger partial charge in [-0.15, -0.1) is 11.3 Å². The third-order valence-corrected chi connectivity index (χ3v) is 4.36. The minimum absolute atomic E-state index is 0.111. The van der Waals surface area contributed by atoms with Gasteiger partial charge < -0.3 is 10.2 Å². The van der Waals surface area contributed by atoms with Crippen LogP contribution in [0.15, 0.2) is 17.8 Å². The monoisotopic (exact) mass is 290 g/mol. The zero-order valence-corrected chi connectivity index (χ0v) is 12.7. The zero-order valence-electron chi connectivity index (χ0n) is 11.9. The van der Waals surface area contributed by atoms with Crippen molar-refractivity contribution in [3.05, 3.63) is 17.8 Å². The zero-order chi connectivity index (χ0) is 14.3. The van der Waals surface area contributed by atoms with Gasteiger partial charge >= 0.3 is 0 Å². The predicted molar refractivity (Wildman–Crippen MR) is 80.9 cm³/mol. The molecule has 1 amide bonds. The van der Waals surface area contributed by atoms with Gasteiger partial charge in [-0.2, -0.15) is 0 Å². The van der Waals surface area contributed by atoms with Crippen LogP contribution in [0.3, 0.4) is 0 Å². The number of hydrogen-bond donors (Lipinski definition) is 1. The molecule has 6 heteroatoms. The van der Waals surface area contributed by atoms with Crippen molar-refractivity contribution in [3.8, 4) is 0 Å². The van der Waals surface area contributed by atoms with E-state index in [-0.39, 0.29) is 17.5 Å². The van der Waals surface area contributed by atoms with Crippen molar-refractivity contribution in [2.24, 2.45) is 0 Å². The summed E-state index contributed by atoms with van der Waals surface area (Å²) in [5, 5.41) is 6.43. The lowest BCUT2D eigenvalue weighted by Crippen LogP contribution is -2.43. The molecule has 1 fully saturated rings. The largest absolute Gasteiger partial charge is 0.364 e. The molecule has 2 aromatic heterocycles. The molecule has 20 heavy (non-hydrogen) atoms. The minimum Gasteiger partial charge on any atom is -0.364 e. The summed E-state index contributed by atoms with van der Waals surface area (Å²) < 4.78 is 0. The second kappa shape index (κ2) is 4.70. The molecule has 0 aromatic carbocycles. The molecule has 106 valence electrons. The van der Waals surface area contributed by atoms with Gasteiger partial charge in [0.25, 0.3) is 0 Å². The summed E-state index contributed by atoms with van der Waals surface area (Å²) >= 11 is 1.60. The van der Waals surface area contributed by atoms with Crippen molar-refractivity contribution in [3.63, 3.8) is 0 Å². The van der Waals surface area contributed by atoms with Gasteiger partial charge in [-0.05, 0) is 32.2 Å². The summed E-state index contributed by atoms with van der Waals surface area (Å²) in [7, 11) is 0. The van der Waals surface area contributed by atoms with Crippen LogP contribution in [0.25, 0.3) is 10.2 Å². The minimum atomic E-state index is -0.128.